The van der Waals surface area contributed by atoms with Crippen LogP contribution in [0, 0.1) is 11.6 Å². The van der Waals surface area contributed by atoms with Crippen molar-refractivity contribution in [2.75, 3.05) is 68.7 Å². The van der Waals surface area contributed by atoms with E-state index in [2.05, 4.69) is 0 Å². The first kappa shape index (κ1) is 27.0. The summed E-state index contributed by atoms with van der Waals surface area (Å²) in [7, 11) is 5.46. The van der Waals surface area contributed by atoms with Gasteiger partial charge in [-0.25, -0.2) is 13.6 Å². The van der Waals surface area contributed by atoms with Crippen LogP contribution < -0.4 is 14.7 Å². The molecule has 2 fully saturated rings. The van der Waals surface area contributed by atoms with Gasteiger partial charge in [0.25, 0.3) is 0 Å². The molecule has 2 aliphatic rings. The van der Waals surface area contributed by atoms with Gasteiger partial charge in [0.05, 0.1) is 25.9 Å². The number of rotatable bonds is 8. The Balaban J connectivity index is 1.39. The van der Waals surface area contributed by atoms with E-state index in [9.17, 15) is 4.79 Å². The number of halogens is 2. The lowest BCUT2D eigenvalue weighted by molar-refractivity contribution is -0.154. The number of benzene rings is 2. The quantitative estimate of drug-likeness (QED) is 0.463. The molecule has 8 nitrogen and oxygen atoms in total. The van der Waals surface area contributed by atoms with E-state index in [0.717, 1.165) is 11.3 Å². The number of hydrogen-bond acceptors (Lipinski definition) is 8. The molecular weight excluding hydrogens is 502 g/mol. The predicted molar refractivity (Wildman–Crippen MR) is 142 cm³/mol. The van der Waals surface area contributed by atoms with Crippen LogP contribution >= 0.6 is 12.2 Å². The summed E-state index contributed by atoms with van der Waals surface area (Å²) in [6, 6.07) is 10.5. The number of hydrogen-bond donors (Lipinski definition) is 0. The number of nitrogens with zero attached hydrogens (tertiary/aromatic N) is 4. The third-order valence-electron chi connectivity index (χ3n) is 6.47. The van der Waals surface area contributed by atoms with Crippen LogP contribution in [0.15, 0.2) is 36.4 Å². The Bertz CT molecular complexity index is 1100. The van der Waals surface area contributed by atoms with Gasteiger partial charge in [-0.3, -0.25) is 9.74 Å². The first-order valence-corrected chi connectivity index (χ1v) is 12.6. The van der Waals surface area contributed by atoms with Crippen molar-refractivity contribution in [2.24, 2.45) is 0 Å². The number of anilines is 3. The molecule has 4 rings (SSSR count). The van der Waals surface area contributed by atoms with E-state index >= 15 is 8.78 Å². The van der Waals surface area contributed by atoms with Crippen LogP contribution in [-0.4, -0.2) is 76.3 Å². The van der Waals surface area contributed by atoms with Crippen molar-refractivity contribution in [3.05, 3.63) is 53.6 Å². The molecule has 0 saturated carbocycles. The number of methoxy groups -OCH3 is 1. The molecule has 2 aromatic rings. The van der Waals surface area contributed by atoms with E-state index in [1.165, 1.54) is 24.1 Å². The summed E-state index contributed by atoms with van der Waals surface area (Å²) in [5.74, 6) is -1.47. The lowest BCUT2D eigenvalue weighted by Gasteiger charge is -2.24. The van der Waals surface area contributed by atoms with Crippen LogP contribution in [0.1, 0.15) is 18.4 Å². The van der Waals surface area contributed by atoms with E-state index in [-0.39, 0.29) is 17.9 Å². The Morgan fingerprint density at radius 1 is 1.14 bits per heavy atom. The van der Waals surface area contributed by atoms with Gasteiger partial charge in [0.15, 0.2) is 16.7 Å². The van der Waals surface area contributed by atoms with E-state index in [1.54, 1.807) is 4.90 Å². The highest BCUT2D eigenvalue weighted by Gasteiger charge is 2.34. The minimum Gasteiger partial charge on any atom is -0.490 e. The van der Waals surface area contributed by atoms with Gasteiger partial charge in [-0.2, -0.15) is 5.06 Å². The van der Waals surface area contributed by atoms with Crippen molar-refractivity contribution in [3.63, 3.8) is 0 Å². The molecule has 2 aliphatic heterocycles. The second-order valence-electron chi connectivity index (χ2n) is 9.23. The lowest BCUT2D eigenvalue weighted by atomic mass is 10.2. The maximum absolute atomic E-state index is 15.2. The van der Waals surface area contributed by atoms with Gasteiger partial charge in [0, 0.05) is 64.5 Å². The third-order valence-corrected chi connectivity index (χ3v) is 6.84. The predicted octanol–water partition coefficient (Wildman–Crippen LogP) is 4.36. The van der Waals surface area contributed by atoms with E-state index in [1.807, 2.05) is 48.3 Å². The standard InChI is InChI=1S/C26H32F2N4O4S/c1-29(2)19-6-4-18(5-7-19)16-31-11-10-30(12-13-35-31)25-22(27)14-20(15-23(25)28)32-17-21(36-26(32)33)8-9-24(37)34-3/h4-7,14-15,21H,8-13,16-17H2,1-3H3/t21-/m0/s1. The Labute approximate surface area is 221 Å². The van der Waals surface area contributed by atoms with Gasteiger partial charge in [0.2, 0.25) is 0 Å². The van der Waals surface area contributed by atoms with Gasteiger partial charge in [-0.05, 0) is 36.3 Å². The number of carbonyl (C=O) groups excluding carboxylic acids is 1. The smallest absolute Gasteiger partial charge is 0.414 e. The fraction of sp³-hybridized carbons (Fsp3) is 0.462. The molecule has 0 aliphatic carbocycles. The largest absolute Gasteiger partial charge is 0.490 e. The molecule has 1 atom stereocenters. The summed E-state index contributed by atoms with van der Waals surface area (Å²) in [6.07, 6.45) is -0.145. The van der Waals surface area contributed by atoms with Crippen molar-refractivity contribution in [3.8, 4) is 0 Å². The van der Waals surface area contributed by atoms with E-state index < -0.39 is 23.8 Å². The van der Waals surface area contributed by atoms with Gasteiger partial charge >= 0.3 is 6.09 Å². The topological polar surface area (TPSA) is 57.7 Å². The third kappa shape index (κ3) is 6.65. The van der Waals surface area contributed by atoms with Gasteiger partial charge in [0.1, 0.15) is 11.8 Å². The van der Waals surface area contributed by atoms with Crippen LogP contribution in [0.2, 0.25) is 0 Å². The minimum absolute atomic E-state index is 0.120. The number of hydroxylamine groups is 2. The SMILES string of the molecule is COC(=S)CC[C@H]1CN(c2cc(F)c(N3CCON(Cc4ccc(N(C)C)cc4)CC3)c(F)c2)C(=O)O1. The fourth-order valence-corrected chi connectivity index (χ4v) is 4.53. The highest BCUT2D eigenvalue weighted by Crippen LogP contribution is 2.32. The normalized spacial score (nSPS) is 18.5. The number of amides is 1. The molecule has 200 valence electrons. The first-order valence-electron chi connectivity index (χ1n) is 12.2. The summed E-state index contributed by atoms with van der Waals surface area (Å²) in [5, 5.41) is 2.22. The lowest BCUT2D eigenvalue weighted by Crippen LogP contribution is -2.32. The zero-order valence-corrected chi connectivity index (χ0v) is 22.1. The summed E-state index contributed by atoms with van der Waals surface area (Å²) < 4.78 is 40.7. The highest BCUT2D eigenvalue weighted by molar-refractivity contribution is 7.80. The monoisotopic (exact) mass is 534 g/mol. The molecular formula is C26H32F2N4O4S. The number of cyclic esters (lactones) is 1. The number of ether oxygens (including phenoxy) is 2. The molecule has 37 heavy (non-hydrogen) atoms. The summed E-state index contributed by atoms with van der Waals surface area (Å²) in [6.45, 7) is 2.23. The van der Waals surface area contributed by atoms with Crippen LogP contribution in [0.5, 0.6) is 0 Å². The van der Waals surface area contributed by atoms with Crippen molar-refractivity contribution < 1.29 is 27.9 Å². The number of thiocarbonyl (C=S) groups is 1. The maximum atomic E-state index is 15.2. The van der Waals surface area contributed by atoms with Crippen molar-refractivity contribution in [1.29, 1.82) is 0 Å². The van der Waals surface area contributed by atoms with Crippen LogP contribution in [0.4, 0.5) is 30.6 Å². The fourth-order valence-electron chi connectivity index (χ4n) is 4.41. The van der Waals surface area contributed by atoms with Gasteiger partial charge in [-0.1, -0.05) is 12.1 Å². The Kier molecular flexibility index (Phi) is 8.78. The van der Waals surface area contributed by atoms with Crippen molar-refractivity contribution in [2.45, 2.75) is 25.5 Å². The Morgan fingerprint density at radius 3 is 2.49 bits per heavy atom. The number of carbonyl (C=O) groups is 1. The molecule has 2 aromatic carbocycles. The first-order chi connectivity index (χ1) is 17.7. The van der Waals surface area contributed by atoms with Gasteiger partial charge in [-0.15, -0.1) is 0 Å². The minimum atomic E-state index is -0.737. The van der Waals surface area contributed by atoms with Crippen LogP contribution in [0.25, 0.3) is 0 Å². The van der Waals surface area contributed by atoms with E-state index in [4.69, 9.17) is 26.5 Å². The Hall–Kier alpha value is -3.02. The second kappa shape index (κ2) is 12.0. The molecule has 0 N–H and O–H groups in total. The second-order valence-corrected chi connectivity index (χ2v) is 9.69. The molecule has 0 spiro atoms. The average Bonchev–Trinajstić information content (AvgIpc) is 3.10. The van der Waals surface area contributed by atoms with Crippen molar-refractivity contribution >= 4 is 40.4 Å². The molecule has 11 heteroatoms. The highest BCUT2D eigenvalue weighted by atomic mass is 32.1. The summed E-state index contributed by atoms with van der Waals surface area (Å²) in [4.78, 5) is 23.1. The average molecular weight is 535 g/mol. The zero-order chi connectivity index (χ0) is 26.5. The van der Waals surface area contributed by atoms with E-state index in [0.29, 0.717) is 50.7 Å². The molecule has 2 saturated heterocycles. The molecule has 1 amide bonds. The zero-order valence-electron chi connectivity index (χ0n) is 21.3. The molecule has 0 aromatic heterocycles. The van der Waals surface area contributed by atoms with Crippen molar-refractivity contribution in [1.82, 2.24) is 5.06 Å². The molecule has 2 heterocycles. The van der Waals surface area contributed by atoms with Crippen LogP contribution in [0.3, 0.4) is 0 Å². The summed E-state index contributed by atoms with van der Waals surface area (Å²) >= 11 is 5.02. The maximum Gasteiger partial charge on any atom is 0.414 e. The Morgan fingerprint density at radius 2 is 1.84 bits per heavy atom. The molecule has 0 radical (unpaired) electrons. The molecule has 0 bridgehead atoms. The van der Waals surface area contributed by atoms with Crippen LogP contribution in [-0.2, 0) is 20.9 Å². The van der Waals surface area contributed by atoms with Gasteiger partial charge < -0.3 is 19.3 Å². The summed E-state index contributed by atoms with van der Waals surface area (Å²) in [5.41, 5.74) is 2.18. The molecule has 0 unspecified atom stereocenters.